The van der Waals surface area contributed by atoms with E-state index in [0.717, 1.165) is 30.4 Å². The van der Waals surface area contributed by atoms with Crippen LogP contribution in [0.4, 0.5) is 0 Å². The van der Waals surface area contributed by atoms with E-state index >= 15 is 0 Å². The number of rotatable bonds is 1. The van der Waals surface area contributed by atoms with Gasteiger partial charge in [-0.05, 0) is 40.9 Å². The molecule has 1 aromatic heterocycles. The maximum Gasteiger partial charge on any atom is 0.272 e. The van der Waals surface area contributed by atoms with Crippen molar-refractivity contribution in [3.05, 3.63) is 28.5 Å². The van der Waals surface area contributed by atoms with Gasteiger partial charge in [-0.25, -0.2) is 4.98 Å². The molecule has 0 radical (unpaired) electrons. The van der Waals surface area contributed by atoms with Crippen LogP contribution in [-0.2, 0) is 0 Å². The molecule has 1 aliphatic rings. The molecular weight excluding hydrogens is 268 g/mol. The molecule has 0 saturated carbocycles. The van der Waals surface area contributed by atoms with Crippen molar-refractivity contribution in [2.45, 2.75) is 25.7 Å². The van der Waals surface area contributed by atoms with E-state index in [2.05, 4.69) is 20.9 Å². The predicted octanol–water partition coefficient (Wildman–Crippen LogP) is 2.86. The number of halogens is 1. The fourth-order valence-electron chi connectivity index (χ4n) is 1.94. The third kappa shape index (κ3) is 2.82. The summed E-state index contributed by atoms with van der Waals surface area (Å²) in [6.07, 6.45) is 6.37. The molecule has 16 heavy (non-hydrogen) atoms. The van der Waals surface area contributed by atoms with Crippen molar-refractivity contribution in [2.75, 3.05) is 13.1 Å². The Labute approximate surface area is 104 Å². The second-order valence-corrected chi connectivity index (χ2v) is 4.98. The topological polar surface area (TPSA) is 33.2 Å². The molecule has 0 aromatic carbocycles. The zero-order valence-electron chi connectivity index (χ0n) is 9.16. The molecule has 1 saturated heterocycles. The maximum atomic E-state index is 12.1. The average Bonchev–Trinajstić information content (AvgIpc) is 2.57. The quantitative estimate of drug-likeness (QED) is 0.794. The van der Waals surface area contributed by atoms with Gasteiger partial charge in [0.2, 0.25) is 0 Å². The number of likely N-dealkylation sites (tertiary alicyclic amines) is 1. The highest BCUT2D eigenvalue weighted by atomic mass is 79.9. The summed E-state index contributed by atoms with van der Waals surface area (Å²) in [5.41, 5.74) is 0.546. The SMILES string of the molecule is O=C(c1ccc(Br)cn1)N1CCCCCC1. The lowest BCUT2D eigenvalue weighted by atomic mass is 10.2. The first-order valence-electron chi connectivity index (χ1n) is 5.68. The van der Waals surface area contributed by atoms with Crippen LogP contribution in [0.5, 0.6) is 0 Å². The molecule has 3 nitrogen and oxygen atoms in total. The number of hydrogen-bond acceptors (Lipinski definition) is 2. The van der Waals surface area contributed by atoms with Crippen LogP contribution in [-0.4, -0.2) is 28.9 Å². The molecular formula is C12H15BrN2O. The number of hydrogen-bond donors (Lipinski definition) is 0. The van der Waals surface area contributed by atoms with Crippen LogP contribution >= 0.6 is 15.9 Å². The molecule has 1 aliphatic heterocycles. The van der Waals surface area contributed by atoms with Gasteiger partial charge in [0.15, 0.2) is 0 Å². The van der Waals surface area contributed by atoms with E-state index in [-0.39, 0.29) is 5.91 Å². The van der Waals surface area contributed by atoms with Gasteiger partial charge < -0.3 is 4.90 Å². The third-order valence-corrected chi connectivity index (χ3v) is 3.31. The van der Waals surface area contributed by atoms with Crippen molar-refractivity contribution in [1.29, 1.82) is 0 Å². The minimum absolute atomic E-state index is 0.0643. The van der Waals surface area contributed by atoms with Gasteiger partial charge in [-0.3, -0.25) is 4.79 Å². The first-order valence-corrected chi connectivity index (χ1v) is 6.47. The second-order valence-electron chi connectivity index (χ2n) is 4.07. The Morgan fingerprint density at radius 1 is 1.19 bits per heavy atom. The number of nitrogens with zero attached hydrogens (tertiary/aromatic N) is 2. The van der Waals surface area contributed by atoms with Crippen molar-refractivity contribution in [1.82, 2.24) is 9.88 Å². The van der Waals surface area contributed by atoms with E-state index in [9.17, 15) is 4.79 Å². The summed E-state index contributed by atoms with van der Waals surface area (Å²) in [6.45, 7) is 1.74. The fraction of sp³-hybridized carbons (Fsp3) is 0.500. The second kappa shape index (κ2) is 5.43. The van der Waals surface area contributed by atoms with Gasteiger partial charge in [0.25, 0.3) is 5.91 Å². The van der Waals surface area contributed by atoms with Gasteiger partial charge in [0, 0.05) is 23.8 Å². The van der Waals surface area contributed by atoms with E-state index < -0.39 is 0 Å². The molecule has 86 valence electrons. The number of amides is 1. The smallest absolute Gasteiger partial charge is 0.272 e. The van der Waals surface area contributed by atoms with Crippen LogP contribution in [0.15, 0.2) is 22.8 Å². The van der Waals surface area contributed by atoms with Gasteiger partial charge in [0.1, 0.15) is 5.69 Å². The number of pyridine rings is 1. The van der Waals surface area contributed by atoms with E-state index in [1.807, 2.05) is 11.0 Å². The lowest BCUT2D eigenvalue weighted by molar-refractivity contribution is 0.0756. The summed E-state index contributed by atoms with van der Waals surface area (Å²) in [5, 5.41) is 0. The molecule has 1 aromatic rings. The Bertz CT molecular complexity index is 356. The Kier molecular flexibility index (Phi) is 3.93. The van der Waals surface area contributed by atoms with Crippen LogP contribution in [0, 0.1) is 0 Å². The van der Waals surface area contributed by atoms with Gasteiger partial charge in [-0.1, -0.05) is 12.8 Å². The Balaban J connectivity index is 2.08. The minimum Gasteiger partial charge on any atom is -0.337 e. The molecule has 0 atom stereocenters. The third-order valence-electron chi connectivity index (χ3n) is 2.84. The van der Waals surface area contributed by atoms with Crippen molar-refractivity contribution >= 4 is 21.8 Å². The number of carbonyl (C=O) groups excluding carboxylic acids is 1. The Morgan fingerprint density at radius 2 is 1.88 bits per heavy atom. The van der Waals surface area contributed by atoms with E-state index in [0.29, 0.717) is 5.69 Å². The van der Waals surface area contributed by atoms with Gasteiger partial charge in [0.05, 0.1) is 0 Å². The van der Waals surface area contributed by atoms with Crippen molar-refractivity contribution in [3.63, 3.8) is 0 Å². The van der Waals surface area contributed by atoms with E-state index in [4.69, 9.17) is 0 Å². The van der Waals surface area contributed by atoms with Crippen LogP contribution in [0.1, 0.15) is 36.2 Å². The summed E-state index contributed by atoms with van der Waals surface area (Å²) in [7, 11) is 0. The van der Waals surface area contributed by atoms with E-state index in [1.54, 1.807) is 12.3 Å². The molecule has 2 rings (SSSR count). The van der Waals surface area contributed by atoms with Gasteiger partial charge in [-0.2, -0.15) is 0 Å². The lowest BCUT2D eigenvalue weighted by Crippen LogP contribution is -2.32. The molecule has 0 unspecified atom stereocenters. The average molecular weight is 283 g/mol. The minimum atomic E-state index is 0.0643. The molecule has 1 amide bonds. The van der Waals surface area contributed by atoms with Crippen LogP contribution in [0.3, 0.4) is 0 Å². The number of carbonyl (C=O) groups is 1. The lowest BCUT2D eigenvalue weighted by Gasteiger charge is -2.19. The fourth-order valence-corrected chi connectivity index (χ4v) is 2.17. The predicted molar refractivity (Wildman–Crippen MR) is 66.3 cm³/mol. The zero-order chi connectivity index (χ0) is 11.4. The van der Waals surface area contributed by atoms with E-state index in [1.165, 1.54) is 12.8 Å². The Morgan fingerprint density at radius 3 is 2.44 bits per heavy atom. The van der Waals surface area contributed by atoms with Gasteiger partial charge >= 0.3 is 0 Å². The highest BCUT2D eigenvalue weighted by molar-refractivity contribution is 9.10. The highest BCUT2D eigenvalue weighted by Crippen LogP contribution is 2.13. The molecule has 0 N–H and O–H groups in total. The summed E-state index contributed by atoms with van der Waals surface area (Å²) < 4.78 is 0.903. The van der Waals surface area contributed by atoms with Crippen molar-refractivity contribution < 1.29 is 4.79 Å². The molecule has 0 aliphatic carbocycles. The molecule has 1 fully saturated rings. The van der Waals surface area contributed by atoms with Crippen LogP contribution < -0.4 is 0 Å². The standard InChI is InChI=1S/C12H15BrN2O/c13-10-5-6-11(14-9-10)12(16)15-7-3-1-2-4-8-15/h5-6,9H,1-4,7-8H2. The zero-order valence-corrected chi connectivity index (χ0v) is 10.7. The Hall–Kier alpha value is -0.900. The summed E-state index contributed by atoms with van der Waals surface area (Å²) >= 11 is 3.32. The van der Waals surface area contributed by atoms with Gasteiger partial charge in [-0.15, -0.1) is 0 Å². The van der Waals surface area contributed by atoms with Crippen LogP contribution in [0.2, 0.25) is 0 Å². The highest BCUT2D eigenvalue weighted by Gasteiger charge is 2.17. The monoisotopic (exact) mass is 282 g/mol. The largest absolute Gasteiger partial charge is 0.337 e. The normalized spacial score (nSPS) is 16.9. The first-order chi connectivity index (χ1) is 7.77. The van der Waals surface area contributed by atoms with Crippen molar-refractivity contribution in [2.24, 2.45) is 0 Å². The molecule has 2 heterocycles. The summed E-state index contributed by atoms with van der Waals surface area (Å²) in [6, 6.07) is 3.63. The van der Waals surface area contributed by atoms with Crippen molar-refractivity contribution in [3.8, 4) is 0 Å². The molecule has 0 bridgehead atoms. The number of aromatic nitrogens is 1. The maximum absolute atomic E-state index is 12.1. The summed E-state index contributed by atoms with van der Waals surface area (Å²) in [4.78, 5) is 18.2. The molecule has 4 heteroatoms. The first kappa shape index (κ1) is 11.6. The summed E-state index contributed by atoms with van der Waals surface area (Å²) in [5.74, 6) is 0.0643. The molecule has 0 spiro atoms. The van der Waals surface area contributed by atoms with Crippen LogP contribution in [0.25, 0.3) is 0 Å².